The van der Waals surface area contributed by atoms with Crippen LogP contribution in [-0.2, 0) is 4.74 Å². The highest BCUT2D eigenvalue weighted by Gasteiger charge is 2.11. The summed E-state index contributed by atoms with van der Waals surface area (Å²) in [6.45, 7) is 4.08. The third-order valence-electron chi connectivity index (χ3n) is 3.54. The van der Waals surface area contributed by atoms with E-state index in [9.17, 15) is 0 Å². The maximum absolute atomic E-state index is 6.33. The minimum absolute atomic E-state index is 0.536. The molecular weight excluding hydrogens is 391 g/mol. The Labute approximate surface area is 169 Å². The number of hydrogen-bond acceptors (Lipinski definition) is 4. The topological polar surface area (TPSA) is 27.7 Å². The standard InChI is InChI=1S/C20H24Cl2O3S/c1-3-4-11-25-20-18(21)13-17(14-19(20)22)26-16-8-6-15(7-9-16)24-12-5-10-23-2/h6-9,13-14H,3-5,10-12H2,1-2H3. The molecule has 0 fully saturated rings. The van der Waals surface area contributed by atoms with Crippen LogP contribution >= 0.6 is 35.0 Å². The zero-order valence-electron chi connectivity index (χ0n) is 15.1. The number of methoxy groups -OCH3 is 1. The molecule has 0 amide bonds. The highest BCUT2D eigenvalue weighted by atomic mass is 35.5. The molecule has 0 spiro atoms. The van der Waals surface area contributed by atoms with E-state index in [0.29, 0.717) is 35.6 Å². The van der Waals surface area contributed by atoms with E-state index in [-0.39, 0.29) is 0 Å². The lowest BCUT2D eigenvalue weighted by Crippen LogP contribution is -2.00. The SMILES string of the molecule is CCCCOc1c(Cl)cc(Sc2ccc(OCCCOC)cc2)cc1Cl. The highest BCUT2D eigenvalue weighted by Crippen LogP contribution is 2.39. The third-order valence-corrected chi connectivity index (χ3v) is 5.08. The Hall–Kier alpha value is -1.07. The van der Waals surface area contributed by atoms with Gasteiger partial charge in [-0.2, -0.15) is 0 Å². The molecule has 0 aliphatic heterocycles. The summed E-state index contributed by atoms with van der Waals surface area (Å²) in [6.07, 6.45) is 2.91. The lowest BCUT2D eigenvalue weighted by molar-refractivity contribution is 0.172. The largest absolute Gasteiger partial charge is 0.494 e. The second-order valence-electron chi connectivity index (χ2n) is 5.69. The van der Waals surface area contributed by atoms with Crippen molar-refractivity contribution in [2.24, 2.45) is 0 Å². The van der Waals surface area contributed by atoms with Crippen molar-refractivity contribution in [2.75, 3.05) is 26.9 Å². The second-order valence-corrected chi connectivity index (χ2v) is 7.65. The molecule has 0 heterocycles. The van der Waals surface area contributed by atoms with Crippen LogP contribution in [0.4, 0.5) is 0 Å². The maximum atomic E-state index is 6.33. The quantitative estimate of drug-likeness (QED) is 0.380. The molecule has 3 nitrogen and oxygen atoms in total. The predicted molar refractivity (Wildman–Crippen MR) is 109 cm³/mol. The first-order chi connectivity index (χ1) is 12.6. The molecule has 26 heavy (non-hydrogen) atoms. The van der Waals surface area contributed by atoms with E-state index in [4.69, 9.17) is 37.4 Å². The summed E-state index contributed by atoms with van der Waals surface area (Å²) >= 11 is 14.3. The minimum Gasteiger partial charge on any atom is -0.494 e. The van der Waals surface area contributed by atoms with Crippen molar-refractivity contribution in [1.29, 1.82) is 0 Å². The van der Waals surface area contributed by atoms with Crippen molar-refractivity contribution in [3.63, 3.8) is 0 Å². The van der Waals surface area contributed by atoms with Crippen LogP contribution in [0, 0.1) is 0 Å². The van der Waals surface area contributed by atoms with Gasteiger partial charge in [-0.3, -0.25) is 0 Å². The molecule has 0 saturated heterocycles. The van der Waals surface area contributed by atoms with Gasteiger partial charge in [0.15, 0.2) is 5.75 Å². The molecule has 0 bridgehead atoms. The van der Waals surface area contributed by atoms with Crippen LogP contribution in [-0.4, -0.2) is 26.9 Å². The normalized spacial score (nSPS) is 10.8. The Kier molecular flexibility index (Phi) is 9.48. The molecule has 2 aromatic carbocycles. The molecule has 0 atom stereocenters. The average Bonchev–Trinajstić information content (AvgIpc) is 2.62. The van der Waals surface area contributed by atoms with E-state index >= 15 is 0 Å². The smallest absolute Gasteiger partial charge is 0.156 e. The van der Waals surface area contributed by atoms with Gasteiger partial charge in [0.05, 0.1) is 23.3 Å². The summed E-state index contributed by atoms with van der Waals surface area (Å²) in [4.78, 5) is 2.05. The molecule has 2 rings (SSSR count). The molecular formula is C20H24Cl2O3S. The number of unbranched alkanes of at least 4 members (excludes halogenated alkanes) is 1. The highest BCUT2D eigenvalue weighted by molar-refractivity contribution is 7.99. The Bertz CT molecular complexity index is 654. The Morgan fingerprint density at radius 3 is 2.12 bits per heavy atom. The number of ether oxygens (including phenoxy) is 3. The van der Waals surface area contributed by atoms with Gasteiger partial charge in [-0.15, -0.1) is 0 Å². The predicted octanol–water partition coefficient (Wildman–Crippen LogP) is 6.74. The molecule has 0 saturated carbocycles. The molecule has 0 radical (unpaired) electrons. The van der Waals surface area contributed by atoms with E-state index in [1.54, 1.807) is 18.9 Å². The lowest BCUT2D eigenvalue weighted by Gasteiger charge is -2.12. The number of benzene rings is 2. The van der Waals surface area contributed by atoms with Crippen molar-refractivity contribution in [3.05, 3.63) is 46.4 Å². The first-order valence-electron chi connectivity index (χ1n) is 8.65. The monoisotopic (exact) mass is 414 g/mol. The maximum Gasteiger partial charge on any atom is 0.156 e. The zero-order valence-corrected chi connectivity index (χ0v) is 17.4. The Morgan fingerprint density at radius 1 is 0.846 bits per heavy atom. The Balaban J connectivity index is 1.95. The van der Waals surface area contributed by atoms with Gasteiger partial charge >= 0.3 is 0 Å². The summed E-state index contributed by atoms with van der Waals surface area (Å²) in [6, 6.07) is 11.7. The third kappa shape index (κ3) is 6.92. The van der Waals surface area contributed by atoms with E-state index in [1.165, 1.54) is 0 Å². The van der Waals surface area contributed by atoms with Crippen molar-refractivity contribution in [3.8, 4) is 11.5 Å². The number of hydrogen-bond donors (Lipinski definition) is 0. The van der Waals surface area contributed by atoms with Gasteiger partial charge in [-0.05, 0) is 42.8 Å². The lowest BCUT2D eigenvalue weighted by atomic mass is 10.3. The molecule has 0 aliphatic rings. The van der Waals surface area contributed by atoms with Gasteiger partial charge in [0.1, 0.15) is 5.75 Å². The molecule has 0 aromatic heterocycles. The van der Waals surface area contributed by atoms with Crippen molar-refractivity contribution in [2.45, 2.75) is 36.0 Å². The fourth-order valence-corrected chi connectivity index (χ4v) is 3.81. The second kappa shape index (κ2) is 11.6. The van der Waals surface area contributed by atoms with Crippen molar-refractivity contribution < 1.29 is 14.2 Å². The Morgan fingerprint density at radius 2 is 1.50 bits per heavy atom. The summed E-state index contributed by atoms with van der Waals surface area (Å²) in [7, 11) is 1.69. The van der Waals surface area contributed by atoms with Crippen LogP contribution in [0.15, 0.2) is 46.2 Å². The fourth-order valence-electron chi connectivity index (χ4n) is 2.19. The van der Waals surface area contributed by atoms with Gasteiger partial charge in [-0.1, -0.05) is 48.3 Å². The zero-order chi connectivity index (χ0) is 18.8. The van der Waals surface area contributed by atoms with Crippen LogP contribution in [0.25, 0.3) is 0 Å². The van der Waals surface area contributed by atoms with E-state index in [1.807, 2.05) is 36.4 Å². The van der Waals surface area contributed by atoms with Gasteiger partial charge in [0.25, 0.3) is 0 Å². The van der Waals surface area contributed by atoms with E-state index in [0.717, 1.165) is 34.8 Å². The fraction of sp³-hybridized carbons (Fsp3) is 0.400. The molecule has 0 N–H and O–H groups in total. The molecule has 142 valence electrons. The van der Waals surface area contributed by atoms with Gasteiger partial charge < -0.3 is 14.2 Å². The molecule has 0 aliphatic carbocycles. The minimum atomic E-state index is 0.536. The van der Waals surface area contributed by atoms with Crippen LogP contribution in [0.1, 0.15) is 26.2 Å². The first kappa shape index (κ1) is 21.2. The number of rotatable bonds is 11. The van der Waals surface area contributed by atoms with Gasteiger partial charge in [0, 0.05) is 29.9 Å². The van der Waals surface area contributed by atoms with Gasteiger partial charge in [0.2, 0.25) is 0 Å². The van der Waals surface area contributed by atoms with Crippen LogP contribution in [0.3, 0.4) is 0 Å². The molecule has 6 heteroatoms. The number of halogens is 2. The van der Waals surface area contributed by atoms with Crippen molar-refractivity contribution in [1.82, 2.24) is 0 Å². The summed E-state index contributed by atoms with van der Waals surface area (Å²) in [5, 5.41) is 1.07. The van der Waals surface area contributed by atoms with Crippen LogP contribution in [0.2, 0.25) is 10.0 Å². The average molecular weight is 415 g/mol. The molecule has 0 unspecified atom stereocenters. The van der Waals surface area contributed by atoms with Crippen molar-refractivity contribution >= 4 is 35.0 Å². The van der Waals surface area contributed by atoms with Crippen LogP contribution in [0.5, 0.6) is 11.5 Å². The van der Waals surface area contributed by atoms with E-state index < -0.39 is 0 Å². The summed E-state index contributed by atoms with van der Waals surface area (Å²) < 4.78 is 16.4. The van der Waals surface area contributed by atoms with Crippen LogP contribution < -0.4 is 9.47 Å². The van der Waals surface area contributed by atoms with Gasteiger partial charge in [-0.25, -0.2) is 0 Å². The molecule has 2 aromatic rings. The summed E-state index contributed by atoms with van der Waals surface area (Å²) in [5.74, 6) is 1.41. The van der Waals surface area contributed by atoms with E-state index in [2.05, 4.69) is 6.92 Å². The summed E-state index contributed by atoms with van der Waals surface area (Å²) in [5.41, 5.74) is 0. The first-order valence-corrected chi connectivity index (χ1v) is 10.2.